The second-order valence-electron chi connectivity index (χ2n) is 4.84. The van der Waals surface area contributed by atoms with E-state index in [1.807, 2.05) is 30.3 Å². The van der Waals surface area contributed by atoms with E-state index in [0.29, 0.717) is 25.6 Å². The van der Waals surface area contributed by atoms with Gasteiger partial charge in [0.1, 0.15) is 10.7 Å². The molecule has 24 heavy (non-hydrogen) atoms. The van der Waals surface area contributed by atoms with Crippen molar-refractivity contribution in [2.75, 3.05) is 18.2 Å². The van der Waals surface area contributed by atoms with E-state index in [4.69, 9.17) is 10.5 Å². The number of nitrogen functional groups attached to an aromatic ring is 1. The minimum Gasteiger partial charge on any atom is -0.389 e. The number of amides is 1. The number of nitrogens with zero attached hydrogens (tertiary/aromatic N) is 1. The maximum atomic E-state index is 12.3. The third-order valence-electron chi connectivity index (χ3n) is 3.24. The number of carbonyl (C=O) groups excluding carboxylic acids is 1. The number of benzene rings is 1. The number of aromatic nitrogens is 1. The number of carbonyl (C=O) groups is 1. The summed E-state index contributed by atoms with van der Waals surface area (Å²) in [5.41, 5.74) is 7.55. The molecule has 0 saturated carbocycles. The number of methoxy groups -OCH3 is 1. The molecule has 6 nitrogen and oxygen atoms in total. The molecule has 0 aliphatic rings. The monoisotopic (exact) mass is 361 g/mol. The predicted octanol–water partition coefficient (Wildman–Crippen LogP) is 3.34. The molecule has 3 rings (SSSR count). The number of anilines is 2. The first-order valence-corrected chi connectivity index (χ1v) is 8.65. The van der Waals surface area contributed by atoms with Gasteiger partial charge in [0.25, 0.3) is 5.91 Å². The van der Waals surface area contributed by atoms with Gasteiger partial charge in [0.15, 0.2) is 11.4 Å². The Morgan fingerprint density at radius 2 is 2.00 bits per heavy atom. The van der Waals surface area contributed by atoms with Crippen molar-refractivity contribution in [2.24, 2.45) is 0 Å². The summed E-state index contributed by atoms with van der Waals surface area (Å²) < 4.78 is 4.82. The normalized spacial score (nSPS) is 12.1. The van der Waals surface area contributed by atoms with Crippen molar-refractivity contribution >= 4 is 38.7 Å². The average molecular weight is 361 g/mol. The van der Waals surface area contributed by atoms with E-state index in [2.05, 4.69) is 10.3 Å². The molecule has 0 aliphatic heterocycles. The smallest absolute Gasteiger partial charge is 0.267 e. The van der Waals surface area contributed by atoms with Gasteiger partial charge < -0.3 is 15.6 Å². The molecular formula is C16H15N3O3S2. The fourth-order valence-corrected chi connectivity index (χ4v) is 3.69. The fraction of sp³-hybridized carbons (Fsp3) is 0.125. The van der Waals surface area contributed by atoms with Crippen molar-refractivity contribution in [1.29, 1.82) is 0 Å². The Labute approximate surface area is 146 Å². The number of ether oxygens (including phenoxy) is 1. The van der Waals surface area contributed by atoms with Crippen LogP contribution in [0, 0.1) is 0 Å². The van der Waals surface area contributed by atoms with E-state index in [-0.39, 0.29) is 5.91 Å². The number of aliphatic hydroxyl groups is 1. The van der Waals surface area contributed by atoms with Gasteiger partial charge in [-0.25, -0.2) is 4.98 Å². The summed E-state index contributed by atoms with van der Waals surface area (Å²) in [5, 5.41) is 13.3. The molecule has 0 spiro atoms. The van der Waals surface area contributed by atoms with Crippen LogP contribution in [0.3, 0.4) is 0 Å². The number of hydrogen-bond acceptors (Lipinski definition) is 7. The van der Waals surface area contributed by atoms with Crippen LogP contribution >= 0.6 is 22.7 Å². The third kappa shape index (κ3) is 3.46. The number of nitrogens with two attached hydrogens (primary N) is 1. The second kappa shape index (κ2) is 7.10. The number of nitrogens with one attached hydrogen (secondary N) is 1. The Hall–Kier alpha value is -2.26. The molecule has 0 bridgehead atoms. The van der Waals surface area contributed by atoms with Gasteiger partial charge in [0.2, 0.25) is 0 Å². The van der Waals surface area contributed by atoms with E-state index >= 15 is 0 Å². The lowest BCUT2D eigenvalue weighted by molar-refractivity contribution is -0.0743. The van der Waals surface area contributed by atoms with Crippen molar-refractivity contribution in [2.45, 2.75) is 6.29 Å². The summed E-state index contributed by atoms with van der Waals surface area (Å²) in [6.07, 6.45) is -1.03. The zero-order chi connectivity index (χ0) is 17.1. The third-order valence-corrected chi connectivity index (χ3v) is 5.15. The highest BCUT2D eigenvalue weighted by Gasteiger charge is 2.17. The van der Waals surface area contributed by atoms with E-state index in [9.17, 15) is 9.90 Å². The summed E-state index contributed by atoms with van der Waals surface area (Å²) in [4.78, 5) is 17.7. The molecule has 8 heteroatoms. The summed E-state index contributed by atoms with van der Waals surface area (Å²) >= 11 is 2.37. The zero-order valence-electron chi connectivity index (χ0n) is 12.7. The second-order valence-corrected chi connectivity index (χ2v) is 6.99. The van der Waals surface area contributed by atoms with Gasteiger partial charge >= 0.3 is 0 Å². The Morgan fingerprint density at radius 1 is 1.25 bits per heavy atom. The van der Waals surface area contributed by atoms with Gasteiger partial charge in [-0.05, 0) is 12.1 Å². The van der Waals surface area contributed by atoms with Crippen molar-refractivity contribution in [1.82, 2.24) is 4.98 Å². The molecule has 0 radical (unpaired) electrons. The Kier molecular flexibility index (Phi) is 4.91. The molecule has 3 aromatic rings. The summed E-state index contributed by atoms with van der Waals surface area (Å²) in [5.74, 6) is -0.303. The highest BCUT2D eigenvalue weighted by molar-refractivity contribution is 7.20. The molecule has 124 valence electrons. The van der Waals surface area contributed by atoms with Crippen LogP contribution in [0.2, 0.25) is 0 Å². The van der Waals surface area contributed by atoms with Crippen LogP contribution in [0.4, 0.5) is 10.1 Å². The highest BCUT2D eigenvalue weighted by atomic mass is 32.1. The molecular weight excluding hydrogens is 346 g/mol. The van der Waals surface area contributed by atoms with Gasteiger partial charge in [-0.1, -0.05) is 41.7 Å². The zero-order valence-corrected chi connectivity index (χ0v) is 14.4. The van der Waals surface area contributed by atoms with Crippen molar-refractivity contribution in [3.63, 3.8) is 0 Å². The molecule has 1 unspecified atom stereocenters. The van der Waals surface area contributed by atoms with Crippen LogP contribution in [0.25, 0.3) is 11.3 Å². The molecule has 2 heterocycles. The minimum atomic E-state index is -1.03. The topological polar surface area (TPSA) is 97.5 Å². The number of rotatable bonds is 5. The lowest BCUT2D eigenvalue weighted by Gasteiger charge is -2.03. The van der Waals surface area contributed by atoms with E-state index in [1.165, 1.54) is 18.4 Å². The van der Waals surface area contributed by atoms with Gasteiger partial charge in [0, 0.05) is 12.7 Å². The maximum Gasteiger partial charge on any atom is 0.267 e. The predicted molar refractivity (Wildman–Crippen MR) is 96.2 cm³/mol. The molecule has 1 aromatic carbocycles. The highest BCUT2D eigenvalue weighted by Crippen LogP contribution is 2.33. The Morgan fingerprint density at radius 3 is 2.71 bits per heavy atom. The lowest BCUT2D eigenvalue weighted by atomic mass is 10.2. The number of thiophene rings is 1. The van der Waals surface area contributed by atoms with Crippen molar-refractivity contribution < 1.29 is 14.6 Å². The van der Waals surface area contributed by atoms with Gasteiger partial charge in [-0.2, -0.15) is 0 Å². The SMILES string of the molecule is COC(O)c1ccc(C(=O)Nc2nc(-c3ccccc3)c(N)s2)s1. The lowest BCUT2D eigenvalue weighted by Crippen LogP contribution is -2.09. The standard InChI is InChI=1S/C16H15N3O3S2/c1-22-15(21)11-8-7-10(23-11)14(20)19-16-18-12(13(17)24-16)9-5-3-2-4-6-9/h2-8,15,21H,17H2,1H3,(H,18,19,20). The molecule has 4 N–H and O–H groups in total. The van der Waals surface area contributed by atoms with Gasteiger partial charge in [0.05, 0.1) is 9.75 Å². The largest absolute Gasteiger partial charge is 0.389 e. The number of hydrogen-bond donors (Lipinski definition) is 3. The van der Waals surface area contributed by atoms with Crippen molar-refractivity contribution in [3.05, 3.63) is 52.2 Å². The van der Waals surface area contributed by atoms with E-state index in [1.54, 1.807) is 12.1 Å². The molecule has 0 saturated heterocycles. The first-order valence-electron chi connectivity index (χ1n) is 7.02. The number of aliphatic hydroxyl groups excluding tert-OH is 1. The Balaban J connectivity index is 1.77. The summed E-state index contributed by atoms with van der Waals surface area (Å²) in [7, 11) is 1.40. The van der Waals surface area contributed by atoms with Crippen LogP contribution in [0.1, 0.15) is 20.8 Å². The van der Waals surface area contributed by atoms with E-state index < -0.39 is 6.29 Å². The van der Waals surface area contributed by atoms with Gasteiger partial charge in [-0.3, -0.25) is 10.1 Å². The van der Waals surface area contributed by atoms with Crippen LogP contribution in [0.15, 0.2) is 42.5 Å². The van der Waals surface area contributed by atoms with Crippen LogP contribution in [-0.2, 0) is 4.74 Å². The van der Waals surface area contributed by atoms with Crippen LogP contribution in [0.5, 0.6) is 0 Å². The maximum absolute atomic E-state index is 12.3. The van der Waals surface area contributed by atoms with Crippen LogP contribution < -0.4 is 11.1 Å². The molecule has 1 amide bonds. The molecule has 1 atom stereocenters. The van der Waals surface area contributed by atoms with E-state index in [0.717, 1.165) is 16.9 Å². The first-order chi connectivity index (χ1) is 11.6. The number of thiazole rings is 1. The fourth-order valence-electron chi connectivity index (χ4n) is 2.07. The molecule has 2 aromatic heterocycles. The molecule has 0 fully saturated rings. The summed E-state index contributed by atoms with van der Waals surface area (Å²) in [6.45, 7) is 0. The van der Waals surface area contributed by atoms with Gasteiger partial charge in [-0.15, -0.1) is 11.3 Å². The minimum absolute atomic E-state index is 0.303. The Bertz CT molecular complexity index is 845. The van der Waals surface area contributed by atoms with Crippen molar-refractivity contribution in [3.8, 4) is 11.3 Å². The summed E-state index contributed by atoms with van der Waals surface area (Å²) in [6, 6.07) is 12.8. The van der Waals surface area contributed by atoms with Crippen LogP contribution in [-0.4, -0.2) is 23.1 Å². The average Bonchev–Trinajstić information content (AvgIpc) is 3.22. The molecule has 0 aliphatic carbocycles. The quantitative estimate of drug-likeness (QED) is 0.606. The first kappa shape index (κ1) is 16.6.